The van der Waals surface area contributed by atoms with Crippen molar-refractivity contribution >= 4 is 21.7 Å². The summed E-state index contributed by atoms with van der Waals surface area (Å²) >= 11 is 0. The van der Waals surface area contributed by atoms with Gasteiger partial charge in [-0.25, -0.2) is 8.42 Å². The number of fused-ring (bicyclic) bond motifs is 1. The Balaban J connectivity index is 1.76. The molecule has 148 valence electrons. The molecule has 2 aliphatic rings. The molecule has 0 saturated heterocycles. The van der Waals surface area contributed by atoms with Crippen LogP contribution in [-0.2, 0) is 21.2 Å². The van der Waals surface area contributed by atoms with Gasteiger partial charge >= 0.3 is 0 Å². The molecule has 3 rings (SSSR count). The van der Waals surface area contributed by atoms with Crippen LogP contribution in [-0.4, -0.2) is 49.2 Å². The average Bonchev–Trinajstić information content (AvgIpc) is 2.78. The largest absolute Gasteiger partial charge is 0.352 e. The number of nitrogens with one attached hydrogen (secondary N) is 1. The van der Waals surface area contributed by atoms with Gasteiger partial charge in [-0.15, -0.1) is 0 Å². The summed E-state index contributed by atoms with van der Waals surface area (Å²) in [6, 6.07) is 6.66. The minimum Gasteiger partial charge on any atom is -0.352 e. The fourth-order valence-electron chi connectivity index (χ4n) is 4.00. The lowest BCUT2D eigenvalue weighted by atomic mass is 10.1. The van der Waals surface area contributed by atoms with Crippen LogP contribution in [0.15, 0.2) is 24.3 Å². The van der Waals surface area contributed by atoms with E-state index in [1.165, 1.54) is 17.7 Å². The van der Waals surface area contributed by atoms with Crippen molar-refractivity contribution in [1.29, 1.82) is 0 Å². The van der Waals surface area contributed by atoms with Crippen molar-refractivity contribution < 1.29 is 18.0 Å². The Kier molecular flexibility index (Phi) is 6.19. The van der Waals surface area contributed by atoms with E-state index in [1.807, 2.05) is 12.1 Å². The van der Waals surface area contributed by atoms with Gasteiger partial charge in [0.05, 0.1) is 5.75 Å². The van der Waals surface area contributed by atoms with Crippen molar-refractivity contribution in [2.24, 2.45) is 0 Å². The normalized spacial score (nSPS) is 19.4. The van der Waals surface area contributed by atoms with Crippen LogP contribution in [0, 0.1) is 0 Å². The van der Waals surface area contributed by atoms with E-state index < -0.39 is 15.9 Å². The first-order chi connectivity index (χ1) is 12.8. The first-order valence-corrected chi connectivity index (χ1v) is 11.8. The molecule has 6 nitrogen and oxygen atoms in total. The summed E-state index contributed by atoms with van der Waals surface area (Å²) in [6.45, 7) is 0.349. The number of nitrogens with zero attached hydrogens (tertiary/aromatic N) is 1. The van der Waals surface area contributed by atoms with Gasteiger partial charge in [0.2, 0.25) is 5.91 Å². The van der Waals surface area contributed by atoms with E-state index in [-0.39, 0.29) is 30.0 Å². The summed E-state index contributed by atoms with van der Waals surface area (Å²) in [5.74, 6) is -0.539. The average molecular weight is 393 g/mol. The molecule has 0 spiro atoms. The molecule has 0 unspecified atom stereocenters. The van der Waals surface area contributed by atoms with Crippen molar-refractivity contribution in [3.8, 4) is 0 Å². The van der Waals surface area contributed by atoms with E-state index >= 15 is 0 Å². The molecule has 1 saturated carbocycles. The van der Waals surface area contributed by atoms with Gasteiger partial charge in [-0.1, -0.05) is 43.9 Å². The first kappa shape index (κ1) is 19.9. The quantitative estimate of drug-likeness (QED) is 0.753. The smallest absolute Gasteiger partial charge is 0.255 e. The number of sulfone groups is 1. The molecule has 2 amide bonds. The Morgan fingerprint density at radius 1 is 1.19 bits per heavy atom. The van der Waals surface area contributed by atoms with E-state index in [9.17, 15) is 18.0 Å². The molecule has 1 aromatic carbocycles. The highest BCUT2D eigenvalue weighted by atomic mass is 32.2. The maximum absolute atomic E-state index is 13.0. The maximum atomic E-state index is 13.0. The molecular weight excluding hydrogens is 364 g/mol. The zero-order valence-electron chi connectivity index (χ0n) is 15.8. The Bertz CT molecular complexity index is 798. The maximum Gasteiger partial charge on any atom is 0.255 e. The zero-order chi connectivity index (χ0) is 19.4. The van der Waals surface area contributed by atoms with Gasteiger partial charge in [0.25, 0.3) is 5.91 Å². The van der Waals surface area contributed by atoms with Crippen LogP contribution in [0.4, 0.5) is 0 Å². The Labute approximate surface area is 161 Å². The number of hydrogen-bond acceptors (Lipinski definition) is 4. The molecule has 0 aromatic heterocycles. The van der Waals surface area contributed by atoms with Gasteiger partial charge < -0.3 is 10.2 Å². The van der Waals surface area contributed by atoms with E-state index in [4.69, 9.17) is 0 Å². The molecule has 0 bridgehead atoms. The molecule has 1 aromatic rings. The summed E-state index contributed by atoms with van der Waals surface area (Å²) in [7, 11) is -3.22. The second-order valence-corrected chi connectivity index (χ2v) is 9.98. The highest BCUT2D eigenvalue weighted by Crippen LogP contribution is 2.26. The molecule has 1 fully saturated rings. The van der Waals surface area contributed by atoms with E-state index in [1.54, 1.807) is 12.1 Å². The SMILES string of the molecule is CS(=O)(=O)CC[C@@H](C(=O)NC1CCCCCC1)N1Cc2ccccc2C1=O. The van der Waals surface area contributed by atoms with Gasteiger partial charge in [0, 0.05) is 24.4 Å². The molecule has 7 heteroatoms. The number of carbonyl (C=O) groups excluding carboxylic acids is 2. The third kappa shape index (κ3) is 5.09. The Morgan fingerprint density at radius 2 is 1.85 bits per heavy atom. The Morgan fingerprint density at radius 3 is 2.48 bits per heavy atom. The van der Waals surface area contributed by atoms with Gasteiger partial charge in [-0.2, -0.15) is 0 Å². The first-order valence-electron chi connectivity index (χ1n) is 9.72. The molecule has 27 heavy (non-hydrogen) atoms. The van der Waals surface area contributed by atoms with Gasteiger partial charge in [0.1, 0.15) is 15.9 Å². The lowest BCUT2D eigenvalue weighted by molar-refractivity contribution is -0.126. The van der Waals surface area contributed by atoms with Crippen LogP contribution in [0.3, 0.4) is 0 Å². The summed E-state index contributed by atoms with van der Waals surface area (Å²) in [6.07, 6.45) is 7.72. The monoisotopic (exact) mass is 392 g/mol. The minimum atomic E-state index is -3.22. The lowest BCUT2D eigenvalue weighted by Gasteiger charge is -2.29. The highest BCUT2D eigenvalue weighted by Gasteiger charge is 2.37. The molecule has 1 atom stereocenters. The minimum absolute atomic E-state index is 0.112. The fourth-order valence-corrected chi connectivity index (χ4v) is 4.66. The van der Waals surface area contributed by atoms with Crippen molar-refractivity contribution in [1.82, 2.24) is 10.2 Å². The predicted octanol–water partition coefficient (Wildman–Crippen LogP) is 2.28. The third-order valence-corrected chi connectivity index (χ3v) is 6.47. The molecule has 1 aliphatic heterocycles. The summed E-state index contributed by atoms with van der Waals surface area (Å²) in [5.41, 5.74) is 1.48. The van der Waals surface area contributed by atoms with E-state index in [0.717, 1.165) is 37.5 Å². The number of amides is 2. The van der Waals surface area contributed by atoms with E-state index in [2.05, 4.69) is 5.32 Å². The van der Waals surface area contributed by atoms with Crippen LogP contribution in [0.5, 0.6) is 0 Å². The second-order valence-electron chi connectivity index (χ2n) is 7.72. The second kappa shape index (κ2) is 8.42. The standard InChI is InChI=1S/C20H28N2O4S/c1-27(25,26)13-12-18(19(23)21-16-9-4-2-3-5-10-16)22-14-15-8-6-7-11-17(15)20(22)24/h6-8,11,16,18H,2-5,9-10,12-14H2,1H3,(H,21,23)/t18-/m0/s1. The number of benzene rings is 1. The van der Waals surface area contributed by atoms with Crippen molar-refractivity contribution in [3.63, 3.8) is 0 Å². The molecule has 1 N–H and O–H groups in total. The van der Waals surface area contributed by atoms with E-state index in [0.29, 0.717) is 12.1 Å². The topological polar surface area (TPSA) is 83.6 Å². The summed E-state index contributed by atoms with van der Waals surface area (Å²) in [4.78, 5) is 27.4. The number of hydrogen-bond donors (Lipinski definition) is 1. The van der Waals surface area contributed by atoms with Crippen molar-refractivity contribution in [2.45, 2.75) is 63.6 Å². The third-order valence-electron chi connectivity index (χ3n) is 5.49. The zero-order valence-corrected chi connectivity index (χ0v) is 16.6. The van der Waals surface area contributed by atoms with Gasteiger partial charge in [-0.05, 0) is 30.9 Å². The highest BCUT2D eigenvalue weighted by molar-refractivity contribution is 7.90. The van der Waals surface area contributed by atoms with Crippen molar-refractivity contribution in [3.05, 3.63) is 35.4 Å². The van der Waals surface area contributed by atoms with Gasteiger partial charge in [0.15, 0.2) is 0 Å². The van der Waals surface area contributed by atoms with Crippen LogP contribution in [0.2, 0.25) is 0 Å². The molecular formula is C20H28N2O4S. The Hall–Kier alpha value is -1.89. The molecule has 1 aliphatic carbocycles. The molecule has 1 heterocycles. The lowest BCUT2D eigenvalue weighted by Crippen LogP contribution is -2.50. The van der Waals surface area contributed by atoms with Crippen LogP contribution >= 0.6 is 0 Å². The van der Waals surface area contributed by atoms with Gasteiger partial charge in [-0.3, -0.25) is 9.59 Å². The number of rotatable bonds is 6. The van der Waals surface area contributed by atoms with Crippen LogP contribution in [0.1, 0.15) is 60.9 Å². The van der Waals surface area contributed by atoms with Crippen molar-refractivity contribution in [2.75, 3.05) is 12.0 Å². The number of carbonyl (C=O) groups is 2. The summed E-state index contributed by atoms with van der Waals surface area (Å²) < 4.78 is 23.3. The molecule has 0 radical (unpaired) electrons. The predicted molar refractivity (Wildman–Crippen MR) is 104 cm³/mol. The summed E-state index contributed by atoms with van der Waals surface area (Å²) in [5, 5.41) is 3.09. The van der Waals surface area contributed by atoms with Crippen LogP contribution in [0.25, 0.3) is 0 Å². The fraction of sp³-hybridized carbons (Fsp3) is 0.600. The van der Waals surface area contributed by atoms with Crippen LogP contribution < -0.4 is 5.32 Å².